The van der Waals surface area contributed by atoms with Crippen molar-refractivity contribution < 1.29 is 9.59 Å². The average Bonchev–Trinajstić information content (AvgIpc) is 3.53. The molecule has 0 bridgehead atoms. The van der Waals surface area contributed by atoms with E-state index in [1.807, 2.05) is 53.9 Å². The number of nitrogens with one attached hydrogen (secondary N) is 1. The highest BCUT2D eigenvalue weighted by Crippen LogP contribution is 2.29. The van der Waals surface area contributed by atoms with Crippen LogP contribution >= 0.6 is 11.3 Å². The Morgan fingerprint density at radius 3 is 2.41 bits per heavy atom. The van der Waals surface area contributed by atoms with Crippen LogP contribution in [-0.4, -0.2) is 40.6 Å². The summed E-state index contributed by atoms with van der Waals surface area (Å²) in [4.78, 5) is 27.3. The van der Waals surface area contributed by atoms with E-state index in [0.717, 1.165) is 10.6 Å². The van der Waals surface area contributed by atoms with Crippen molar-refractivity contribution >= 4 is 34.9 Å². The van der Waals surface area contributed by atoms with Gasteiger partial charge in [0.15, 0.2) is 0 Å². The molecule has 4 aromatic rings. The first kappa shape index (κ1) is 22.7. The molecule has 0 unspecified atom stereocenters. The van der Waals surface area contributed by atoms with Crippen molar-refractivity contribution in [2.45, 2.75) is 0 Å². The second-order valence-corrected chi connectivity index (χ2v) is 8.54. The number of carbonyl (C=O) groups excluding carboxylic acids is 2. The Balaban J connectivity index is 1.63. The van der Waals surface area contributed by atoms with Crippen LogP contribution in [0.2, 0.25) is 0 Å². The molecular weight excluding hydrogens is 446 g/mol. The van der Waals surface area contributed by atoms with Crippen LogP contribution in [0.1, 0.15) is 15.9 Å². The van der Waals surface area contributed by atoms with E-state index < -0.39 is 5.91 Å². The maximum absolute atomic E-state index is 12.8. The number of carbonyl (C=O) groups is 2. The Hall–Kier alpha value is -4.48. The van der Waals surface area contributed by atoms with Gasteiger partial charge in [-0.15, -0.1) is 11.3 Å². The van der Waals surface area contributed by atoms with Gasteiger partial charge in [0, 0.05) is 37.1 Å². The van der Waals surface area contributed by atoms with Gasteiger partial charge in [-0.1, -0.05) is 24.3 Å². The van der Waals surface area contributed by atoms with Gasteiger partial charge >= 0.3 is 0 Å². The SMILES string of the molecule is CN(C)C(=O)c1ccc(NC(=O)/C(C#N)=C\c2cn(-c3ccccc3)nc2-c2cccs2)cc1. The summed E-state index contributed by atoms with van der Waals surface area (Å²) in [5, 5.41) is 19.1. The van der Waals surface area contributed by atoms with E-state index in [4.69, 9.17) is 5.10 Å². The van der Waals surface area contributed by atoms with Gasteiger partial charge in [0.2, 0.25) is 0 Å². The van der Waals surface area contributed by atoms with Crippen molar-refractivity contribution in [2.75, 3.05) is 19.4 Å². The smallest absolute Gasteiger partial charge is 0.266 e. The molecule has 0 spiro atoms. The third-order valence-electron chi connectivity index (χ3n) is 4.98. The Labute approximate surface area is 201 Å². The number of anilines is 1. The molecule has 0 saturated heterocycles. The van der Waals surface area contributed by atoms with Gasteiger partial charge in [0.1, 0.15) is 17.3 Å². The van der Waals surface area contributed by atoms with Crippen molar-refractivity contribution in [3.63, 3.8) is 0 Å². The van der Waals surface area contributed by atoms with E-state index in [1.165, 1.54) is 16.2 Å². The van der Waals surface area contributed by atoms with Gasteiger partial charge in [0.25, 0.3) is 11.8 Å². The molecule has 2 aromatic heterocycles. The number of amides is 2. The molecule has 0 radical (unpaired) electrons. The molecule has 0 aliphatic rings. The molecule has 0 atom stereocenters. The third kappa shape index (κ3) is 4.95. The first-order valence-electron chi connectivity index (χ1n) is 10.4. The van der Waals surface area contributed by atoms with Crippen molar-refractivity contribution in [3.05, 3.63) is 95.0 Å². The van der Waals surface area contributed by atoms with Gasteiger partial charge in [-0.3, -0.25) is 9.59 Å². The highest BCUT2D eigenvalue weighted by atomic mass is 32.1. The van der Waals surface area contributed by atoms with Crippen molar-refractivity contribution in [2.24, 2.45) is 0 Å². The van der Waals surface area contributed by atoms with Crippen LogP contribution in [0, 0.1) is 11.3 Å². The molecular formula is C26H21N5O2S. The van der Waals surface area contributed by atoms with E-state index in [9.17, 15) is 14.9 Å². The zero-order chi connectivity index (χ0) is 24.1. The van der Waals surface area contributed by atoms with E-state index in [0.29, 0.717) is 22.5 Å². The molecule has 0 aliphatic carbocycles. The van der Waals surface area contributed by atoms with Crippen LogP contribution in [0.15, 0.2) is 83.9 Å². The van der Waals surface area contributed by atoms with Gasteiger partial charge in [-0.05, 0) is 53.9 Å². The Morgan fingerprint density at radius 1 is 1.06 bits per heavy atom. The molecule has 8 heteroatoms. The molecule has 0 saturated carbocycles. The summed E-state index contributed by atoms with van der Waals surface area (Å²) in [7, 11) is 3.35. The van der Waals surface area contributed by atoms with Crippen molar-refractivity contribution in [3.8, 4) is 22.3 Å². The number of benzene rings is 2. The monoisotopic (exact) mass is 467 g/mol. The van der Waals surface area contributed by atoms with Crippen LogP contribution in [0.5, 0.6) is 0 Å². The lowest BCUT2D eigenvalue weighted by Crippen LogP contribution is -2.21. The summed E-state index contributed by atoms with van der Waals surface area (Å²) in [6.07, 6.45) is 3.34. The second-order valence-electron chi connectivity index (χ2n) is 7.59. The summed E-state index contributed by atoms with van der Waals surface area (Å²) in [5.74, 6) is -0.675. The molecule has 2 amide bonds. The molecule has 1 N–H and O–H groups in total. The normalized spacial score (nSPS) is 11.0. The lowest BCUT2D eigenvalue weighted by Gasteiger charge is -2.10. The third-order valence-corrected chi connectivity index (χ3v) is 5.86. The first-order chi connectivity index (χ1) is 16.5. The number of para-hydroxylation sites is 1. The van der Waals surface area contributed by atoms with E-state index >= 15 is 0 Å². The number of nitrogens with zero attached hydrogens (tertiary/aromatic N) is 4. The molecule has 2 heterocycles. The lowest BCUT2D eigenvalue weighted by atomic mass is 10.1. The Morgan fingerprint density at radius 2 is 1.79 bits per heavy atom. The van der Waals surface area contributed by atoms with Crippen LogP contribution < -0.4 is 5.32 Å². The molecule has 0 aliphatic heterocycles. The summed E-state index contributed by atoms with van der Waals surface area (Å²) < 4.78 is 1.73. The molecule has 34 heavy (non-hydrogen) atoms. The van der Waals surface area contributed by atoms with Gasteiger partial charge in [0.05, 0.1) is 10.6 Å². The molecule has 4 rings (SSSR count). The highest BCUT2D eigenvalue weighted by Gasteiger charge is 2.16. The highest BCUT2D eigenvalue weighted by molar-refractivity contribution is 7.13. The molecule has 168 valence electrons. The average molecular weight is 468 g/mol. The number of hydrogen-bond donors (Lipinski definition) is 1. The first-order valence-corrected chi connectivity index (χ1v) is 11.3. The predicted molar refractivity (Wildman–Crippen MR) is 134 cm³/mol. The quantitative estimate of drug-likeness (QED) is 0.324. The fourth-order valence-corrected chi connectivity index (χ4v) is 4.00. The molecule has 2 aromatic carbocycles. The van der Waals surface area contributed by atoms with Gasteiger partial charge in [-0.25, -0.2) is 4.68 Å². The molecule has 0 fully saturated rings. The fourth-order valence-electron chi connectivity index (χ4n) is 3.27. The van der Waals surface area contributed by atoms with Gasteiger partial charge < -0.3 is 10.2 Å². The summed E-state index contributed by atoms with van der Waals surface area (Å²) in [6.45, 7) is 0. The largest absolute Gasteiger partial charge is 0.345 e. The van der Waals surface area contributed by atoms with E-state index in [1.54, 1.807) is 55.3 Å². The van der Waals surface area contributed by atoms with Crippen LogP contribution in [0.4, 0.5) is 5.69 Å². The minimum absolute atomic E-state index is 0.0566. The number of rotatable bonds is 6. The number of aromatic nitrogens is 2. The van der Waals surface area contributed by atoms with Gasteiger partial charge in [-0.2, -0.15) is 10.4 Å². The van der Waals surface area contributed by atoms with E-state index in [2.05, 4.69) is 5.32 Å². The molecule has 7 nitrogen and oxygen atoms in total. The second kappa shape index (κ2) is 9.98. The summed E-state index contributed by atoms with van der Waals surface area (Å²) in [6, 6.07) is 22.0. The Bertz CT molecular complexity index is 1380. The maximum atomic E-state index is 12.8. The maximum Gasteiger partial charge on any atom is 0.266 e. The van der Waals surface area contributed by atoms with Crippen molar-refractivity contribution in [1.29, 1.82) is 5.26 Å². The van der Waals surface area contributed by atoms with E-state index in [-0.39, 0.29) is 11.5 Å². The van der Waals surface area contributed by atoms with Crippen LogP contribution in [0.25, 0.3) is 22.3 Å². The van der Waals surface area contributed by atoms with Crippen LogP contribution in [-0.2, 0) is 4.79 Å². The van der Waals surface area contributed by atoms with Crippen LogP contribution in [0.3, 0.4) is 0 Å². The zero-order valence-corrected chi connectivity index (χ0v) is 19.4. The summed E-state index contributed by atoms with van der Waals surface area (Å²) in [5.41, 5.74) is 3.15. The minimum atomic E-state index is -0.543. The zero-order valence-electron chi connectivity index (χ0n) is 18.6. The fraction of sp³-hybridized carbons (Fsp3) is 0.0769. The number of nitriles is 1. The topological polar surface area (TPSA) is 91.0 Å². The standard InChI is InChI=1S/C26H21N5O2S/c1-30(2)26(33)18-10-12-21(13-11-18)28-25(32)19(16-27)15-20-17-31(22-7-4-3-5-8-22)29-24(20)23-9-6-14-34-23/h3-15,17H,1-2H3,(H,28,32)/b19-15-. The summed E-state index contributed by atoms with van der Waals surface area (Å²) >= 11 is 1.53. The Kier molecular flexibility index (Phi) is 6.67. The lowest BCUT2D eigenvalue weighted by molar-refractivity contribution is -0.112. The van der Waals surface area contributed by atoms with Crippen molar-refractivity contribution in [1.82, 2.24) is 14.7 Å². The number of thiophene rings is 1. The number of hydrogen-bond acceptors (Lipinski definition) is 5. The minimum Gasteiger partial charge on any atom is -0.345 e. The predicted octanol–water partition coefficient (Wildman–Crippen LogP) is 4.85.